The monoisotopic (exact) mass is 291 g/mol. The van der Waals surface area contributed by atoms with Crippen LogP contribution in [0.25, 0.3) is 11.1 Å². The molecule has 0 aromatic heterocycles. The van der Waals surface area contributed by atoms with Crippen molar-refractivity contribution in [3.63, 3.8) is 0 Å². The van der Waals surface area contributed by atoms with Crippen molar-refractivity contribution in [2.24, 2.45) is 0 Å². The topological polar surface area (TPSA) is 40.9 Å². The first kappa shape index (κ1) is 16.0. The SMILES string of the molecule is CC(=O)Cc1ccc(-c2ccc(CCC#N)c(C)c2)cc1C. The average molecular weight is 291 g/mol. The summed E-state index contributed by atoms with van der Waals surface area (Å²) in [5, 5.41) is 8.70. The van der Waals surface area contributed by atoms with Gasteiger partial charge in [-0.15, -0.1) is 0 Å². The molecule has 0 N–H and O–H groups in total. The molecule has 0 heterocycles. The Bertz CT molecular complexity index is 738. The number of hydrogen-bond donors (Lipinski definition) is 0. The molecule has 22 heavy (non-hydrogen) atoms. The highest BCUT2D eigenvalue weighted by molar-refractivity contribution is 5.79. The van der Waals surface area contributed by atoms with E-state index in [1.807, 2.05) is 6.07 Å². The van der Waals surface area contributed by atoms with Crippen molar-refractivity contribution in [2.45, 2.75) is 40.0 Å². The second-order valence-electron chi connectivity index (χ2n) is 5.82. The molecule has 2 rings (SSSR count). The molecule has 2 heteroatoms. The van der Waals surface area contributed by atoms with Crippen molar-refractivity contribution < 1.29 is 4.79 Å². The Balaban J connectivity index is 2.29. The number of nitrogens with zero attached hydrogens (tertiary/aromatic N) is 1. The molecule has 0 radical (unpaired) electrons. The minimum absolute atomic E-state index is 0.188. The minimum atomic E-state index is 0.188. The molecular formula is C20H21NO. The van der Waals surface area contributed by atoms with Gasteiger partial charge in [-0.3, -0.25) is 4.79 Å². The number of nitriles is 1. The average Bonchev–Trinajstić information content (AvgIpc) is 2.47. The summed E-state index contributed by atoms with van der Waals surface area (Å²) in [6.45, 7) is 5.76. The second kappa shape index (κ2) is 7.04. The van der Waals surface area contributed by atoms with E-state index >= 15 is 0 Å². The number of benzene rings is 2. The number of Topliss-reactive ketones (excluding diaryl/α,β-unsaturated/α-hetero) is 1. The third kappa shape index (κ3) is 3.83. The first-order chi connectivity index (χ1) is 10.5. The molecular weight excluding hydrogens is 270 g/mol. The summed E-state index contributed by atoms with van der Waals surface area (Å²) >= 11 is 0. The van der Waals surface area contributed by atoms with Crippen molar-refractivity contribution in [3.05, 3.63) is 58.7 Å². The Morgan fingerprint density at radius 2 is 1.55 bits per heavy atom. The number of ketones is 1. The van der Waals surface area contributed by atoms with Crippen LogP contribution in [0.4, 0.5) is 0 Å². The summed E-state index contributed by atoms with van der Waals surface area (Å²) in [4.78, 5) is 11.3. The van der Waals surface area contributed by atoms with Gasteiger partial charge in [-0.2, -0.15) is 5.26 Å². The quantitative estimate of drug-likeness (QED) is 0.810. The molecule has 0 saturated heterocycles. The van der Waals surface area contributed by atoms with Crippen LogP contribution in [0.15, 0.2) is 36.4 Å². The van der Waals surface area contributed by atoms with E-state index in [2.05, 4.69) is 50.2 Å². The van der Waals surface area contributed by atoms with Gasteiger partial charge in [0.25, 0.3) is 0 Å². The fourth-order valence-corrected chi connectivity index (χ4v) is 2.69. The summed E-state index contributed by atoms with van der Waals surface area (Å²) in [7, 11) is 0. The molecule has 0 fully saturated rings. The van der Waals surface area contributed by atoms with Gasteiger partial charge in [-0.05, 0) is 60.6 Å². The van der Waals surface area contributed by atoms with Crippen molar-refractivity contribution >= 4 is 5.78 Å². The lowest BCUT2D eigenvalue weighted by Crippen LogP contribution is -1.99. The lowest BCUT2D eigenvalue weighted by molar-refractivity contribution is -0.116. The molecule has 0 aliphatic heterocycles. The standard InChI is InChI=1S/C20H21NO/c1-14-11-19(8-6-17(14)5-4-10-21)20-9-7-18(13-16(3)22)15(2)12-20/h6-9,11-12H,4-5,13H2,1-3H3. The summed E-state index contributed by atoms with van der Waals surface area (Å²) in [6.07, 6.45) is 1.86. The highest BCUT2D eigenvalue weighted by Gasteiger charge is 2.06. The Morgan fingerprint density at radius 3 is 2.00 bits per heavy atom. The third-order valence-electron chi connectivity index (χ3n) is 3.96. The van der Waals surface area contributed by atoms with Crippen LogP contribution in [-0.4, -0.2) is 5.78 Å². The van der Waals surface area contributed by atoms with Gasteiger partial charge < -0.3 is 0 Å². The minimum Gasteiger partial charge on any atom is -0.300 e. The molecule has 0 bridgehead atoms. The number of carbonyl (C=O) groups is 1. The Morgan fingerprint density at radius 1 is 1.00 bits per heavy atom. The van der Waals surface area contributed by atoms with Gasteiger partial charge in [0.1, 0.15) is 5.78 Å². The molecule has 2 aromatic carbocycles. The first-order valence-corrected chi connectivity index (χ1v) is 7.57. The number of aryl methyl sites for hydroxylation is 3. The Kier molecular flexibility index (Phi) is 5.12. The number of carbonyl (C=O) groups excluding carboxylic acids is 1. The van der Waals surface area contributed by atoms with Crippen molar-refractivity contribution in [1.29, 1.82) is 5.26 Å². The number of hydrogen-bond acceptors (Lipinski definition) is 2. The van der Waals surface area contributed by atoms with Crippen LogP contribution in [0.5, 0.6) is 0 Å². The zero-order valence-corrected chi connectivity index (χ0v) is 13.4. The Labute approximate surface area is 132 Å². The zero-order valence-electron chi connectivity index (χ0n) is 13.4. The van der Waals surface area contributed by atoms with Gasteiger partial charge in [-0.25, -0.2) is 0 Å². The van der Waals surface area contributed by atoms with Crippen LogP contribution in [0.1, 0.15) is 35.6 Å². The van der Waals surface area contributed by atoms with E-state index in [1.54, 1.807) is 6.92 Å². The van der Waals surface area contributed by atoms with E-state index in [0.29, 0.717) is 12.8 Å². The summed E-state index contributed by atoms with van der Waals surface area (Å²) in [6, 6.07) is 14.9. The van der Waals surface area contributed by atoms with E-state index < -0.39 is 0 Å². The van der Waals surface area contributed by atoms with Crippen molar-refractivity contribution in [2.75, 3.05) is 0 Å². The van der Waals surface area contributed by atoms with Crippen LogP contribution in [-0.2, 0) is 17.6 Å². The van der Waals surface area contributed by atoms with Crippen LogP contribution in [0.3, 0.4) is 0 Å². The molecule has 0 spiro atoms. The first-order valence-electron chi connectivity index (χ1n) is 7.57. The van der Waals surface area contributed by atoms with E-state index in [-0.39, 0.29) is 5.78 Å². The van der Waals surface area contributed by atoms with E-state index in [9.17, 15) is 4.79 Å². The van der Waals surface area contributed by atoms with Gasteiger partial charge in [0.05, 0.1) is 6.07 Å². The van der Waals surface area contributed by atoms with E-state index in [1.165, 1.54) is 22.3 Å². The molecule has 2 nitrogen and oxygen atoms in total. The molecule has 112 valence electrons. The molecule has 0 atom stereocenters. The molecule has 0 saturated carbocycles. The van der Waals surface area contributed by atoms with Gasteiger partial charge in [-0.1, -0.05) is 36.4 Å². The van der Waals surface area contributed by atoms with Crippen molar-refractivity contribution in [1.82, 2.24) is 0 Å². The van der Waals surface area contributed by atoms with Crippen LogP contribution >= 0.6 is 0 Å². The van der Waals surface area contributed by atoms with Gasteiger partial charge in [0, 0.05) is 12.8 Å². The van der Waals surface area contributed by atoms with Gasteiger partial charge >= 0.3 is 0 Å². The molecule has 0 aliphatic carbocycles. The lowest BCUT2D eigenvalue weighted by atomic mass is 9.94. The van der Waals surface area contributed by atoms with Crippen molar-refractivity contribution in [3.8, 4) is 17.2 Å². The predicted octanol–water partition coefficient (Wildman–Crippen LogP) is 4.56. The fourth-order valence-electron chi connectivity index (χ4n) is 2.69. The number of rotatable bonds is 5. The molecule has 0 unspecified atom stereocenters. The third-order valence-corrected chi connectivity index (χ3v) is 3.96. The summed E-state index contributed by atoms with van der Waals surface area (Å²) in [5.41, 5.74) is 7.04. The smallest absolute Gasteiger partial charge is 0.134 e. The van der Waals surface area contributed by atoms with Crippen LogP contribution in [0.2, 0.25) is 0 Å². The largest absolute Gasteiger partial charge is 0.300 e. The highest BCUT2D eigenvalue weighted by Crippen LogP contribution is 2.25. The fraction of sp³-hybridized carbons (Fsp3) is 0.300. The maximum absolute atomic E-state index is 11.3. The highest BCUT2D eigenvalue weighted by atomic mass is 16.1. The summed E-state index contributed by atoms with van der Waals surface area (Å²) < 4.78 is 0. The Hall–Kier alpha value is -2.40. The van der Waals surface area contributed by atoms with Gasteiger partial charge in [0.2, 0.25) is 0 Å². The van der Waals surface area contributed by atoms with Crippen LogP contribution < -0.4 is 0 Å². The molecule has 0 amide bonds. The predicted molar refractivity (Wildman–Crippen MR) is 89.7 cm³/mol. The summed E-state index contributed by atoms with van der Waals surface area (Å²) in [5.74, 6) is 0.188. The normalized spacial score (nSPS) is 10.3. The van der Waals surface area contributed by atoms with Gasteiger partial charge in [0.15, 0.2) is 0 Å². The van der Waals surface area contributed by atoms with Crippen LogP contribution in [0, 0.1) is 25.2 Å². The molecule has 2 aromatic rings. The zero-order chi connectivity index (χ0) is 16.1. The lowest BCUT2D eigenvalue weighted by Gasteiger charge is -2.10. The van der Waals surface area contributed by atoms with E-state index in [0.717, 1.165) is 17.5 Å². The van der Waals surface area contributed by atoms with E-state index in [4.69, 9.17) is 5.26 Å². The second-order valence-corrected chi connectivity index (χ2v) is 5.82. The maximum atomic E-state index is 11.3. The molecule has 0 aliphatic rings. The maximum Gasteiger partial charge on any atom is 0.134 e.